The molecule has 0 amide bonds. The van der Waals surface area contributed by atoms with Gasteiger partial charge in [0.15, 0.2) is 5.76 Å². The minimum Gasteiger partial charge on any atom is -0.469 e. The van der Waals surface area contributed by atoms with Gasteiger partial charge < -0.3 is 9.26 Å². The third-order valence-corrected chi connectivity index (χ3v) is 3.06. The van der Waals surface area contributed by atoms with Crippen LogP contribution < -0.4 is 0 Å². The highest BCUT2D eigenvalue weighted by Gasteiger charge is 2.16. The zero-order chi connectivity index (χ0) is 13.8. The van der Waals surface area contributed by atoms with Gasteiger partial charge >= 0.3 is 5.97 Å². The number of ether oxygens (including phenoxy) is 1. The zero-order valence-electron chi connectivity index (χ0n) is 10.7. The van der Waals surface area contributed by atoms with E-state index >= 15 is 0 Å². The van der Waals surface area contributed by atoms with Crippen LogP contribution in [0, 0.1) is 5.92 Å². The van der Waals surface area contributed by atoms with Gasteiger partial charge in [-0.15, -0.1) is 0 Å². The predicted molar refractivity (Wildman–Crippen MR) is 71.8 cm³/mol. The molecule has 0 radical (unpaired) electrons. The van der Waals surface area contributed by atoms with Crippen LogP contribution in [0.15, 0.2) is 34.9 Å². The summed E-state index contributed by atoms with van der Waals surface area (Å²) in [4.78, 5) is 11.3. The Morgan fingerprint density at radius 3 is 2.74 bits per heavy atom. The van der Waals surface area contributed by atoms with Gasteiger partial charge in [-0.05, 0) is 24.3 Å². The van der Waals surface area contributed by atoms with Crippen LogP contribution in [0.4, 0.5) is 0 Å². The van der Waals surface area contributed by atoms with Crippen LogP contribution in [-0.2, 0) is 16.0 Å². The predicted octanol–water partition coefficient (Wildman–Crippen LogP) is 3.35. The van der Waals surface area contributed by atoms with E-state index in [1.165, 1.54) is 7.11 Å². The van der Waals surface area contributed by atoms with Crippen molar-refractivity contribution < 1.29 is 14.1 Å². The van der Waals surface area contributed by atoms with Gasteiger partial charge in [0, 0.05) is 23.1 Å². The summed E-state index contributed by atoms with van der Waals surface area (Å²) in [5.74, 6) is 0.160. The molecule has 0 fully saturated rings. The number of methoxy groups -OCH3 is 1. The molecule has 1 aromatic heterocycles. The maximum absolute atomic E-state index is 11.3. The van der Waals surface area contributed by atoms with E-state index in [1.807, 2.05) is 18.2 Å². The molecule has 1 unspecified atom stereocenters. The second-order valence-electron chi connectivity index (χ2n) is 4.32. The van der Waals surface area contributed by atoms with E-state index in [9.17, 15) is 4.79 Å². The molecule has 1 aromatic carbocycles. The lowest BCUT2D eigenvalue weighted by Crippen LogP contribution is -2.15. The van der Waals surface area contributed by atoms with Gasteiger partial charge in [-0.1, -0.05) is 23.7 Å². The molecule has 19 heavy (non-hydrogen) atoms. The van der Waals surface area contributed by atoms with Crippen LogP contribution in [0.1, 0.15) is 12.6 Å². The Bertz CT molecular complexity index is 562. The minimum atomic E-state index is -0.254. The lowest BCUT2D eigenvalue weighted by atomic mass is 10.1. The first-order valence-electron chi connectivity index (χ1n) is 5.89. The third kappa shape index (κ3) is 3.35. The van der Waals surface area contributed by atoms with E-state index in [-0.39, 0.29) is 11.9 Å². The SMILES string of the molecule is COC(=O)C(C)Cc1cc(-c2ccc(Cl)cc2)on1. The molecule has 0 saturated carbocycles. The first-order valence-corrected chi connectivity index (χ1v) is 6.27. The quantitative estimate of drug-likeness (QED) is 0.806. The van der Waals surface area contributed by atoms with E-state index in [4.69, 9.17) is 16.1 Å². The molecule has 0 aliphatic carbocycles. The maximum Gasteiger partial charge on any atom is 0.308 e. The molecule has 0 saturated heterocycles. The van der Waals surface area contributed by atoms with Gasteiger partial charge in [-0.3, -0.25) is 4.79 Å². The van der Waals surface area contributed by atoms with Crippen molar-refractivity contribution in [2.45, 2.75) is 13.3 Å². The fourth-order valence-electron chi connectivity index (χ4n) is 1.76. The van der Waals surface area contributed by atoms with Gasteiger partial charge in [0.1, 0.15) is 0 Å². The zero-order valence-corrected chi connectivity index (χ0v) is 11.5. The number of aromatic nitrogens is 1. The Morgan fingerprint density at radius 1 is 1.42 bits per heavy atom. The van der Waals surface area contributed by atoms with Crippen molar-refractivity contribution in [1.82, 2.24) is 5.16 Å². The number of carbonyl (C=O) groups excluding carboxylic acids is 1. The van der Waals surface area contributed by atoms with Crippen molar-refractivity contribution in [2.24, 2.45) is 5.92 Å². The molecular formula is C14H14ClNO3. The highest BCUT2D eigenvalue weighted by molar-refractivity contribution is 6.30. The highest BCUT2D eigenvalue weighted by Crippen LogP contribution is 2.23. The summed E-state index contributed by atoms with van der Waals surface area (Å²) in [7, 11) is 1.38. The summed E-state index contributed by atoms with van der Waals surface area (Å²) < 4.78 is 9.94. The summed E-state index contributed by atoms with van der Waals surface area (Å²) in [6, 6.07) is 9.11. The average Bonchev–Trinajstić information content (AvgIpc) is 2.87. The number of esters is 1. The Morgan fingerprint density at radius 2 is 2.11 bits per heavy atom. The van der Waals surface area contributed by atoms with Crippen LogP contribution in [0.5, 0.6) is 0 Å². The molecule has 5 heteroatoms. The van der Waals surface area contributed by atoms with Crippen molar-refractivity contribution >= 4 is 17.6 Å². The summed E-state index contributed by atoms with van der Waals surface area (Å²) in [6.07, 6.45) is 0.490. The Labute approximate surface area is 116 Å². The molecule has 100 valence electrons. The van der Waals surface area contributed by atoms with Crippen LogP contribution in [0.3, 0.4) is 0 Å². The van der Waals surface area contributed by atoms with Crippen LogP contribution >= 0.6 is 11.6 Å². The van der Waals surface area contributed by atoms with Crippen molar-refractivity contribution in [1.29, 1.82) is 0 Å². The minimum absolute atomic E-state index is 0.242. The van der Waals surface area contributed by atoms with Gasteiger partial charge in [-0.2, -0.15) is 0 Å². The second kappa shape index (κ2) is 5.89. The van der Waals surface area contributed by atoms with E-state index in [1.54, 1.807) is 19.1 Å². The van der Waals surface area contributed by atoms with Gasteiger partial charge in [0.25, 0.3) is 0 Å². The van der Waals surface area contributed by atoms with Gasteiger partial charge in [0.2, 0.25) is 0 Å². The number of halogens is 1. The Kier molecular flexibility index (Phi) is 4.22. The van der Waals surface area contributed by atoms with Crippen LogP contribution in [0.25, 0.3) is 11.3 Å². The molecule has 0 N–H and O–H groups in total. The summed E-state index contributed by atoms with van der Waals surface area (Å²) in [6.45, 7) is 1.79. The number of hydrogen-bond acceptors (Lipinski definition) is 4. The van der Waals surface area contributed by atoms with Crippen LogP contribution in [0.2, 0.25) is 5.02 Å². The fourth-order valence-corrected chi connectivity index (χ4v) is 1.88. The smallest absolute Gasteiger partial charge is 0.308 e. The highest BCUT2D eigenvalue weighted by atomic mass is 35.5. The van der Waals surface area contributed by atoms with E-state index in [2.05, 4.69) is 9.89 Å². The lowest BCUT2D eigenvalue weighted by Gasteiger charge is -2.05. The number of rotatable bonds is 4. The molecule has 4 nitrogen and oxygen atoms in total. The molecule has 0 aliphatic heterocycles. The average molecular weight is 280 g/mol. The molecule has 2 rings (SSSR count). The van der Waals surface area contributed by atoms with Crippen molar-refractivity contribution in [3.63, 3.8) is 0 Å². The van der Waals surface area contributed by atoms with Crippen molar-refractivity contribution in [2.75, 3.05) is 7.11 Å². The fraction of sp³-hybridized carbons (Fsp3) is 0.286. The summed E-state index contributed by atoms with van der Waals surface area (Å²) >= 11 is 5.83. The maximum atomic E-state index is 11.3. The molecular weight excluding hydrogens is 266 g/mol. The van der Waals surface area contributed by atoms with Gasteiger partial charge in [-0.25, -0.2) is 0 Å². The Balaban J connectivity index is 2.11. The number of hydrogen-bond donors (Lipinski definition) is 0. The normalized spacial score (nSPS) is 12.2. The number of carbonyl (C=O) groups is 1. The standard InChI is InChI=1S/C14H14ClNO3/c1-9(14(17)18-2)7-12-8-13(19-16-12)10-3-5-11(15)6-4-10/h3-6,8-9H,7H2,1-2H3. The molecule has 0 aliphatic rings. The first kappa shape index (κ1) is 13.6. The summed E-state index contributed by atoms with van der Waals surface area (Å²) in [5, 5.41) is 4.63. The number of nitrogens with zero attached hydrogens (tertiary/aromatic N) is 1. The lowest BCUT2D eigenvalue weighted by molar-refractivity contribution is -0.144. The Hall–Kier alpha value is -1.81. The van der Waals surface area contributed by atoms with Crippen LogP contribution in [-0.4, -0.2) is 18.2 Å². The second-order valence-corrected chi connectivity index (χ2v) is 4.75. The molecule has 1 atom stereocenters. The van der Waals surface area contributed by atoms with Gasteiger partial charge in [0.05, 0.1) is 18.7 Å². The monoisotopic (exact) mass is 279 g/mol. The first-order chi connectivity index (χ1) is 9.10. The van der Waals surface area contributed by atoms with E-state index < -0.39 is 0 Å². The van der Waals surface area contributed by atoms with Crippen molar-refractivity contribution in [3.05, 3.63) is 41.0 Å². The van der Waals surface area contributed by atoms with Crippen molar-refractivity contribution in [3.8, 4) is 11.3 Å². The third-order valence-electron chi connectivity index (χ3n) is 2.81. The topological polar surface area (TPSA) is 52.3 Å². The van der Waals surface area contributed by atoms with E-state index in [0.717, 1.165) is 11.3 Å². The molecule has 0 spiro atoms. The molecule has 0 bridgehead atoms. The molecule has 1 heterocycles. The largest absolute Gasteiger partial charge is 0.469 e. The number of benzene rings is 1. The van der Waals surface area contributed by atoms with E-state index in [0.29, 0.717) is 17.2 Å². The molecule has 2 aromatic rings. The summed E-state index contributed by atoms with van der Waals surface area (Å²) in [5.41, 5.74) is 1.62.